The molecule has 0 radical (unpaired) electrons. The molecule has 0 saturated heterocycles. The van der Waals surface area contributed by atoms with Crippen LogP contribution in [0.15, 0.2) is 121 Å². The molecule has 0 spiro atoms. The van der Waals surface area contributed by atoms with Gasteiger partial charge in [-0.25, -0.2) is 35.9 Å². The Balaban J connectivity index is -0.000000517. The molecule has 0 bridgehead atoms. The van der Waals surface area contributed by atoms with E-state index in [-0.39, 0.29) is 26.6 Å². The molecule has 0 saturated carbocycles. The van der Waals surface area contributed by atoms with Crippen molar-refractivity contribution in [2.75, 3.05) is 0 Å². The van der Waals surface area contributed by atoms with Crippen molar-refractivity contribution in [2.24, 2.45) is 0 Å². The molecule has 4 aromatic carbocycles. The number of benzene rings is 4. The number of alkyl halides is 3. The van der Waals surface area contributed by atoms with Crippen LogP contribution in [-0.4, -0.2) is 18.1 Å². The molecule has 11 heteroatoms. The van der Waals surface area contributed by atoms with E-state index in [0.29, 0.717) is 0 Å². The molecule has 4 rings (SSSR count). The van der Waals surface area contributed by atoms with Crippen LogP contribution in [-0.2, 0) is 30.0 Å². The second-order valence-electron chi connectivity index (χ2n) is 7.80. The molecule has 0 aliphatic rings. The first-order valence-corrected chi connectivity index (χ1v) is 15.0. The van der Waals surface area contributed by atoms with Gasteiger partial charge < -0.3 is 39.3 Å². The summed E-state index contributed by atoms with van der Waals surface area (Å²) in [6.45, 7) is 12.2. The largest absolute Gasteiger partial charge is 2.00 e. The van der Waals surface area contributed by atoms with Crippen LogP contribution in [0.5, 0.6) is 0 Å². The number of rotatable bonds is 4. The first-order valence-electron chi connectivity index (χ1n) is 11.9. The molecule has 0 amide bonds. The summed E-state index contributed by atoms with van der Waals surface area (Å²) < 4.78 is 30.7. The summed E-state index contributed by atoms with van der Waals surface area (Å²) in [6, 6.07) is 41.9. The average molecular weight is 723 g/mol. The minimum Gasteiger partial charge on any atom is -0.550 e. The molecular weight excluding hydrogens is 688 g/mol. The maximum absolute atomic E-state index is 10.2. The first kappa shape index (κ1) is 44.5. The molecule has 0 unspecified atom stereocenters. The number of carbonyl (C=O) groups is 2. The van der Waals surface area contributed by atoms with Gasteiger partial charge in [0.15, 0.2) is 0 Å². The van der Waals surface area contributed by atoms with Gasteiger partial charge in [0, 0.05) is 11.9 Å². The number of hydrogen-bond donors (Lipinski definition) is 1. The third kappa shape index (κ3) is 26.5. The van der Waals surface area contributed by atoms with Crippen molar-refractivity contribution in [1.29, 1.82) is 0 Å². The molecule has 0 fully saturated rings. The van der Waals surface area contributed by atoms with Gasteiger partial charge in [-0.05, 0) is 13.8 Å². The van der Waals surface area contributed by atoms with Crippen LogP contribution in [0.25, 0.3) is 0 Å². The fraction of sp³-hybridized carbons (Fsp3) is 0.0938. The number of aliphatic carboxylic acids is 2. The number of carbonyl (C=O) groups excluding carboxylic acids is 2. The molecule has 3 N–H and O–H groups in total. The molecule has 0 aliphatic carbocycles. The van der Waals surface area contributed by atoms with Crippen molar-refractivity contribution in [2.45, 2.75) is 20.0 Å². The Hall–Kier alpha value is -2.91. The van der Waals surface area contributed by atoms with Gasteiger partial charge in [0.25, 0.3) is 6.18 Å². The Labute approximate surface area is 269 Å². The Bertz CT molecular complexity index is 1050. The third-order valence-electron chi connectivity index (χ3n) is 4.27. The Morgan fingerprint density at radius 3 is 0.791 bits per heavy atom. The van der Waals surface area contributed by atoms with Gasteiger partial charge >= 0.3 is 20.4 Å². The summed E-state index contributed by atoms with van der Waals surface area (Å²) in [5.41, 5.74) is 0. The zero-order valence-electron chi connectivity index (χ0n) is 23.9. The van der Waals surface area contributed by atoms with E-state index in [1.165, 1.54) is 21.2 Å². The predicted molar refractivity (Wildman–Crippen MR) is 167 cm³/mol. The van der Waals surface area contributed by atoms with Crippen molar-refractivity contribution < 1.29 is 53.4 Å². The zero-order valence-corrected chi connectivity index (χ0v) is 27.2. The molecule has 0 aliphatic heterocycles. The molecule has 0 atom stereocenters. The van der Waals surface area contributed by atoms with E-state index in [1.807, 2.05) is 24.3 Å². The molecule has 43 heavy (non-hydrogen) atoms. The second kappa shape index (κ2) is 25.6. The predicted octanol–water partition coefficient (Wildman–Crippen LogP) is 4.88. The van der Waals surface area contributed by atoms with Crippen LogP contribution in [0.1, 0.15) is 13.8 Å². The van der Waals surface area contributed by atoms with E-state index >= 15 is 0 Å². The van der Waals surface area contributed by atoms with Crippen molar-refractivity contribution in [3.8, 4) is 0 Å². The van der Waals surface area contributed by atoms with Crippen molar-refractivity contribution in [3.05, 3.63) is 142 Å². The Morgan fingerprint density at radius 1 is 0.558 bits per heavy atom. The van der Waals surface area contributed by atoms with Gasteiger partial charge in [-0.15, -0.1) is 0 Å². The van der Waals surface area contributed by atoms with Crippen molar-refractivity contribution in [3.63, 3.8) is 0 Å². The van der Waals surface area contributed by atoms with E-state index in [1.54, 1.807) is 6.92 Å². The van der Waals surface area contributed by atoms with E-state index < -0.39 is 34.0 Å². The summed E-state index contributed by atoms with van der Waals surface area (Å²) in [4.78, 5) is 17.8. The van der Waals surface area contributed by atoms with Gasteiger partial charge in [-0.1, -0.05) is 143 Å². The van der Waals surface area contributed by atoms with Gasteiger partial charge in [-0.3, -0.25) is 0 Å². The summed E-state index contributed by atoms with van der Waals surface area (Å²) >= 11 is 0. The van der Waals surface area contributed by atoms with Gasteiger partial charge in [-0.2, -0.15) is 0 Å². The fourth-order valence-corrected chi connectivity index (χ4v) is 5.45. The van der Waals surface area contributed by atoms with Gasteiger partial charge in [0.05, 0.1) is 0 Å². The normalized spacial score (nSPS) is 9.35. The standard InChI is InChI=1S/2C13H12P.C2H2F3.2C2H4O2.H3N.Pd/c2*1-14(12-8-4-2-5-9-12)13-10-6-3-7-11-13;1-2(3,4)5;2*1-2(3)4;;/h2*2-11H,1H2;1H2;2*1H3,(H,3,4);1H3;/q3*-1;;;;+2/p-2. The molecule has 0 aromatic heterocycles. The van der Waals surface area contributed by atoms with E-state index in [9.17, 15) is 13.2 Å². The number of halogens is 3. The molecule has 4 aromatic rings. The smallest absolute Gasteiger partial charge is 0.550 e. The Morgan fingerprint density at radius 2 is 0.674 bits per heavy atom. The number of carboxylic acid groups (broad SMARTS) is 2. The maximum atomic E-state index is 10.2. The monoisotopic (exact) mass is 722 g/mol. The van der Waals surface area contributed by atoms with Gasteiger partial charge in [0.1, 0.15) is 0 Å². The summed E-state index contributed by atoms with van der Waals surface area (Å²) in [6.07, 6.45) is -4.25. The minimum absolute atomic E-state index is 0. The van der Waals surface area contributed by atoms with Crippen LogP contribution in [0.3, 0.4) is 0 Å². The fourth-order valence-electron chi connectivity index (χ4n) is 2.73. The van der Waals surface area contributed by atoms with E-state index in [0.717, 1.165) is 13.8 Å². The maximum Gasteiger partial charge on any atom is 2.00 e. The van der Waals surface area contributed by atoms with Crippen LogP contribution in [0, 0.1) is 20.3 Å². The summed E-state index contributed by atoms with van der Waals surface area (Å²) in [5.74, 6) is -2.17. The van der Waals surface area contributed by atoms with Crippen LogP contribution >= 0.6 is 15.8 Å². The summed E-state index contributed by atoms with van der Waals surface area (Å²) in [5, 5.41) is 23.1. The van der Waals surface area contributed by atoms with Gasteiger partial charge in [0.2, 0.25) is 0 Å². The third-order valence-corrected chi connectivity index (χ3v) is 7.96. The molecular formula is C32H35F3NO4P2Pd-3. The minimum atomic E-state index is -4.25. The van der Waals surface area contributed by atoms with Crippen LogP contribution in [0.2, 0.25) is 0 Å². The number of carboxylic acids is 2. The quantitative estimate of drug-likeness (QED) is 0.183. The van der Waals surface area contributed by atoms with Crippen LogP contribution in [0.4, 0.5) is 13.2 Å². The molecule has 236 valence electrons. The van der Waals surface area contributed by atoms with E-state index in [2.05, 4.69) is 110 Å². The SMILES string of the molecule is CC(=O)[O-].CC(=O)[O-].N.[CH2-]C(F)(F)F.[CH2-]P(c1ccccc1)c1ccccc1.[CH2-]P(c1ccccc1)c1ccccc1.[Pd+2]. The zero-order chi connectivity index (χ0) is 31.3. The van der Waals surface area contributed by atoms with Crippen molar-refractivity contribution >= 4 is 49.0 Å². The second-order valence-corrected chi connectivity index (χ2v) is 11.6. The average Bonchev–Trinajstić information content (AvgIpc) is 2.93. The van der Waals surface area contributed by atoms with Crippen LogP contribution < -0.4 is 37.6 Å². The molecule has 0 heterocycles. The Kier molecular flexibility index (Phi) is 26.5. The van der Waals surface area contributed by atoms with Crippen molar-refractivity contribution in [1.82, 2.24) is 6.15 Å². The summed E-state index contributed by atoms with van der Waals surface area (Å²) in [7, 11) is -0.842. The first-order chi connectivity index (χ1) is 19.2. The topological polar surface area (TPSA) is 115 Å². The molecule has 5 nitrogen and oxygen atoms in total. The number of hydrogen-bond acceptors (Lipinski definition) is 5. The van der Waals surface area contributed by atoms with E-state index in [4.69, 9.17) is 19.8 Å².